The summed E-state index contributed by atoms with van der Waals surface area (Å²) in [6.45, 7) is 0. The summed E-state index contributed by atoms with van der Waals surface area (Å²) >= 11 is 1.14. The van der Waals surface area contributed by atoms with Crippen molar-refractivity contribution in [3.8, 4) is 0 Å². The Balaban J connectivity index is 1.96. The van der Waals surface area contributed by atoms with E-state index in [-0.39, 0.29) is 11.1 Å². The molecule has 1 amide bonds. The number of fused-ring (bicyclic) bond motifs is 1. The van der Waals surface area contributed by atoms with Gasteiger partial charge in [0.25, 0.3) is 5.91 Å². The third-order valence-corrected chi connectivity index (χ3v) is 5.39. The number of rotatable bonds is 3. The molecule has 0 saturated heterocycles. The Labute approximate surface area is 131 Å². The maximum atomic E-state index is 12.3. The summed E-state index contributed by atoms with van der Waals surface area (Å²) in [5, 5.41) is 2.96. The van der Waals surface area contributed by atoms with E-state index in [2.05, 4.69) is 10.3 Å². The van der Waals surface area contributed by atoms with Gasteiger partial charge >= 0.3 is 5.76 Å². The van der Waals surface area contributed by atoms with Crippen LogP contribution in [0.1, 0.15) is 10.4 Å². The van der Waals surface area contributed by atoms with Gasteiger partial charge in [-0.05, 0) is 12.1 Å². The molecule has 1 aromatic carbocycles. The molecule has 114 valence electrons. The molecule has 0 aliphatic rings. The van der Waals surface area contributed by atoms with Crippen molar-refractivity contribution < 1.29 is 13.4 Å². The smallest absolute Gasteiger partial charge is 0.407 e. The number of amides is 1. The molecular weight excluding hydrogens is 326 g/mol. The Hall–Kier alpha value is -2.26. The Morgan fingerprint density at radius 1 is 1.45 bits per heavy atom. The minimum Gasteiger partial charge on any atom is -0.407 e. The van der Waals surface area contributed by atoms with Crippen LogP contribution in [0.25, 0.3) is 11.1 Å². The van der Waals surface area contributed by atoms with Crippen molar-refractivity contribution in [1.29, 1.82) is 0 Å². The largest absolute Gasteiger partial charge is 0.419 e. The van der Waals surface area contributed by atoms with Crippen LogP contribution in [0.5, 0.6) is 0 Å². The second kappa shape index (κ2) is 5.50. The normalized spacial score (nSPS) is 12.5. The average molecular weight is 337 g/mol. The summed E-state index contributed by atoms with van der Waals surface area (Å²) in [6, 6.07) is 4.92. The number of nitrogens with zero attached hydrogens (tertiary/aromatic N) is 2. The molecule has 0 aliphatic heterocycles. The summed E-state index contributed by atoms with van der Waals surface area (Å²) in [6.07, 6.45) is 3.00. The summed E-state index contributed by atoms with van der Waals surface area (Å²) in [7, 11) is 0.421. The molecule has 0 aliphatic carbocycles. The van der Waals surface area contributed by atoms with Gasteiger partial charge in [-0.25, -0.2) is 9.78 Å². The van der Waals surface area contributed by atoms with Gasteiger partial charge < -0.3 is 4.42 Å². The van der Waals surface area contributed by atoms with E-state index in [0.29, 0.717) is 14.9 Å². The third-order valence-electron chi connectivity index (χ3n) is 3.05. The fourth-order valence-electron chi connectivity index (χ4n) is 1.94. The first-order valence-corrected chi connectivity index (χ1v) is 8.54. The molecule has 2 heterocycles. The van der Waals surface area contributed by atoms with Gasteiger partial charge in [-0.3, -0.25) is 18.9 Å². The molecule has 1 unspecified atom stereocenters. The molecule has 9 heteroatoms. The fraction of sp³-hybridized carbons (Fsp3) is 0.154. The molecule has 0 radical (unpaired) electrons. The number of hydrogen-bond donors (Lipinski definition) is 1. The van der Waals surface area contributed by atoms with E-state index in [1.807, 2.05) is 0 Å². The van der Waals surface area contributed by atoms with Gasteiger partial charge in [-0.1, -0.05) is 17.4 Å². The molecule has 0 spiro atoms. The minimum absolute atomic E-state index is 0.225. The molecule has 0 saturated carbocycles. The van der Waals surface area contributed by atoms with Crippen molar-refractivity contribution in [3.05, 3.63) is 40.5 Å². The summed E-state index contributed by atoms with van der Waals surface area (Å²) in [4.78, 5) is 27.9. The lowest BCUT2D eigenvalue weighted by Gasteiger charge is -2.02. The maximum absolute atomic E-state index is 12.3. The van der Waals surface area contributed by atoms with Crippen molar-refractivity contribution in [2.75, 3.05) is 11.6 Å². The van der Waals surface area contributed by atoms with Crippen LogP contribution in [0.4, 0.5) is 5.13 Å². The van der Waals surface area contributed by atoms with Gasteiger partial charge in [0, 0.05) is 13.3 Å². The zero-order valence-corrected chi connectivity index (χ0v) is 13.3. The zero-order chi connectivity index (χ0) is 15.9. The monoisotopic (exact) mass is 337 g/mol. The molecule has 22 heavy (non-hydrogen) atoms. The van der Waals surface area contributed by atoms with Gasteiger partial charge in [0.15, 0.2) is 10.7 Å². The lowest BCUT2D eigenvalue weighted by molar-refractivity contribution is 0.102. The van der Waals surface area contributed by atoms with Gasteiger partial charge in [0.05, 0.1) is 28.1 Å². The van der Waals surface area contributed by atoms with Crippen LogP contribution < -0.4 is 11.1 Å². The van der Waals surface area contributed by atoms with Gasteiger partial charge in [-0.2, -0.15) is 0 Å². The lowest BCUT2D eigenvalue weighted by Crippen LogP contribution is -2.11. The van der Waals surface area contributed by atoms with E-state index in [9.17, 15) is 13.8 Å². The second-order valence-electron chi connectivity index (χ2n) is 4.47. The lowest BCUT2D eigenvalue weighted by atomic mass is 10.2. The van der Waals surface area contributed by atoms with E-state index in [1.54, 1.807) is 31.5 Å². The molecule has 1 N–H and O–H groups in total. The number of thiazole rings is 1. The first-order valence-electron chi connectivity index (χ1n) is 6.16. The Morgan fingerprint density at radius 2 is 2.23 bits per heavy atom. The van der Waals surface area contributed by atoms with Crippen molar-refractivity contribution in [1.82, 2.24) is 9.55 Å². The van der Waals surface area contributed by atoms with Gasteiger partial charge in [0.1, 0.15) is 4.21 Å². The highest BCUT2D eigenvalue weighted by atomic mass is 32.2. The quantitative estimate of drug-likeness (QED) is 0.783. The number of aromatic nitrogens is 2. The Bertz CT molecular complexity index is 954. The maximum Gasteiger partial charge on any atom is 0.419 e. The van der Waals surface area contributed by atoms with E-state index < -0.39 is 22.5 Å². The van der Waals surface area contributed by atoms with E-state index in [0.717, 1.165) is 11.3 Å². The fourth-order valence-corrected chi connectivity index (χ4v) is 3.40. The summed E-state index contributed by atoms with van der Waals surface area (Å²) < 4.78 is 18.4. The molecule has 3 rings (SSSR count). The standard InChI is InChI=1S/C13H11N3O4S2/c1-16-8-5-3-4-7(10(8)20-13(16)18)11(17)15-12-14-6-9(21-12)22(2)19/h3-6H,1-2H3,(H,14,15,17). The van der Waals surface area contributed by atoms with Crippen LogP contribution in [0, 0.1) is 0 Å². The molecular formula is C13H11N3O4S2. The molecule has 0 bridgehead atoms. The average Bonchev–Trinajstić information content (AvgIpc) is 3.05. The predicted octanol–water partition coefficient (Wildman–Crippen LogP) is 1.58. The minimum atomic E-state index is -1.15. The summed E-state index contributed by atoms with van der Waals surface area (Å²) in [5.74, 6) is -0.976. The van der Waals surface area contributed by atoms with Crippen LogP contribution in [-0.2, 0) is 17.8 Å². The number of para-hydroxylation sites is 1. The zero-order valence-electron chi connectivity index (χ0n) is 11.7. The number of hydrogen-bond acceptors (Lipinski definition) is 6. The number of carbonyl (C=O) groups excluding carboxylic acids is 1. The molecule has 0 fully saturated rings. The van der Waals surface area contributed by atoms with Crippen LogP contribution in [0.3, 0.4) is 0 Å². The van der Waals surface area contributed by atoms with Crippen molar-refractivity contribution in [2.24, 2.45) is 7.05 Å². The van der Waals surface area contributed by atoms with E-state index >= 15 is 0 Å². The highest BCUT2D eigenvalue weighted by molar-refractivity contribution is 7.86. The third kappa shape index (κ3) is 2.48. The molecule has 7 nitrogen and oxygen atoms in total. The number of nitrogens with one attached hydrogen (secondary N) is 1. The van der Waals surface area contributed by atoms with Crippen molar-refractivity contribution in [3.63, 3.8) is 0 Å². The highest BCUT2D eigenvalue weighted by Crippen LogP contribution is 2.23. The molecule has 3 aromatic rings. The Morgan fingerprint density at radius 3 is 2.91 bits per heavy atom. The first-order chi connectivity index (χ1) is 10.5. The van der Waals surface area contributed by atoms with E-state index in [4.69, 9.17) is 4.42 Å². The second-order valence-corrected chi connectivity index (χ2v) is 7.11. The first kappa shape index (κ1) is 14.7. The van der Waals surface area contributed by atoms with Gasteiger partial charge in [0.2, 0.25) is 0 Å². The Kier molecular flexibility index (Phi) is 3.67. The van der Waals surface area contributed by atoms with Crippen molar-refractivity contribution >= 4 is 44.3 Å². The highest BCUT2D eigenvalue weighted by Gasteiger charge is 2.17. The number of benzene rings is 1. The topological polar surface area (TPSA) is 94.2 Å². The van der Waals surface area contributed by atoms with Crippen LogP contribution in [0.2, 0.25) is 0 Å². The van der Waals surface area contributed by atoms with Crippen LogP contribution in [-0.4, -0.2) is 25.9 Å². The number of carbonyl (C=O) groups is 1. The van der Waals surface area contributed by atoms with Crippen molar-refractivity contribution in [2.45, 2.75) is 4.21 Å². The van der Waals surface area contributed by atoms with Crippen LogP contribution in [0.15, 0.2) is 37.8 Å². The SMILES string of the molecule is Cn1c(=O)oc2c(C(=O)Nc3ncc(S(C)=O)s3)cccc21. The van der Waals surface area contributed by atoms with Crippen LogP contribution >= 0.6 is 11.3 Å². The number of aryl methyl sites for hydroxylation is 1. The molecule has 2 aromatic heterocycles. The molecule has 1 atom stereocenters. The van der Waals surface area contributed by atoms with Gasteiger partial charge in [-0.15, -0.1) is 0 Å². The number of anilines is 1. The summed E-state index contributed by atoms with van der Waals surface area (Å²) in [5.41, 5.74) is 1.00. The predicted molar refractivity (Wildman–Crippen MR) is 83.9 cm³/mol. The number of oxazole rings is 1. The van der Waals surface area contributed by atoms with E-state index in [1.165, 1.54) is 10.8 Å².